The van der Waals surface area contributed by atoms with Crippen LogP contribution in [0.2, 0.25) is 0 Å². The van der Waals surface area contributed by atoms with Crippen LogP contribution in [0.3, 0.4) is 0 Å². The molecule has 0 bridgehead atoms. The topological polar surface area (TPSA) is 40.5 Å². The Morgan fingerprint density at radius 3 is 2.77 bits per heavy atom. The van der Waals surface area contributed by atoms with Crippen molar-refractivity contribution in [1.29, 1.82) is 0 Å². The van der Waals surface area contributed by atoms with E-state index in [0.717, 1.165) is 38.4 Å². The molecule has 2 heterocycles. The number of guanidine groups is 1. The fourth-order valence-electron chi connectivity index (χ4n) is 3.49. The van der Waals surface area contributed by atoms with Gasteiger partial charge >= 0.3 is 0 Å². The number of rotatable bonds is 5. The van der Waals surface area contributed by atoms with E-state index in [2.05, 4.69) is 59.4 Å². The zero-order valence-corrected chi connectivity index (χ0v) is 19.0. The van der Waals surface area contributed by atoms with Gasteiger partial charge in [0.2, 0.25) is 0 Å². The molecule has 1 atom stereocenters. The van der Waals surface area contributed by atoms with Gasteiger partial charge < -0.3 is 10.2 Å². The summed E-state index contributed by atoms with van der Waals surface area (Å²) in [5.74, 6) is 1.62. The van der Waals surface area contributed by atoms with Gasteiger partial charge in [0.25, 0.3) is 0 Å². The van der Waals surface area contributed by atoms with E-state index in [-0.39, 0.29) is 24.0 Å². The molecule has 1 aromatic heterocycles. The molecule has 0 radical (unpaired) electrons. The lowest BCUT2D eigenvalue weighted by Gasteiger charge is -2.21. The molecule has 142 valence electrons. The largest absolute Gasteiger partial charge is 0.356 e. The molecule has 4 nitrogen and oxygen atoms in total. The molecule has 1 saturated heterocycles. The predicted octanol–water partition coefficient (Wildman–Crippen LogP) is 4.24. The Kier molecular flexibility index (Phi) is 8.34. The average Bonchev–Trinajstić information content (AvgIpc) is 3.26. The molecule has 1 aliphatic heterocycles. The number of benzene rings is 1. The van der Waals surface area contributed by atoms with Crippen LogP contribution in [0.5, 0.6) is 0 Å². The molecule has 3 rings (SSSR count). The van der Waals surface area contributed by atoms with E-state index in [9.17, 15) is 0 Å². The lowest BCUT2D eigenvalue weighted by atomic mass is 9.99. The summed E-state index contributed by atoms with van der Waals surface area (Å²) in [5, 5.41) is 4.74. The Morgan fingerprint density at radius 1 is 1.35 bits per heavy atom. The van der Waals surface area contributed by atoms with Gasteiger partial charge in [-0.15, -0.1) is 35.3 Å². The van der Waals surface area contributed by atoms with Gasteiger partial charge in [-0.05, 0) is 25.3 Å². The second kappa shape index (κ2) is 10.3. The zero-order valence-electron chi connectivity index (χ0n) is 15.9. The first-order valence-electron chi connectivity index (χ1n) is 9.17. The number of aryl methyl sites for hydroxylation is 2. The second-order valence-corrected chi connectivity index (χ2v) is 7.82. The molecule has 0 spiro atoms. The monoisotopic (exact) mass is 484 g/mol. The summed E-state index contributed by atoms with van der Waals surface area (Å²) in [4.78, 5) is 12.9. The molecular formula is C20H29IN4S. The lowest BCUT2D eigenvalue weighted by Crippen LogP contribution is -2.40. The molecule has 1 fully saturated rings. The van der Waals surface area contributed by atoms with Crippen molar-refractivity contribution in [2.75, 3.05) is 26.7 Å². The normalized spacial score (nSPS) is 17.3. The smallest absolute Gasteiger partial charge is 0.193 e. The van der Waals surface area contributed by atoms with Gasteiger partial charge in [-0.3, -0.25) is 4.99 Å². The maximum atomic E-state index is 4.73. The Morgan fingerprint density at radius 2 is 2.12 bits per heavy atom. The Balaban J connectivity index is 0.00000243. The van der Waals surface area contributed by atoms with E-state index in [1.165, 1.54) is 27.6 Å². The minimum Gasteiger partial charge on any atom is -0.356 e. The number of aliphatic imine (C=N–C) groups is 1. The number of nitrogens with zero attached hydrogens (tertiary/aromatic N) is 3. The number of aromatic nitrogens is 1. The molecule has 26 heavy (non-hydrogen) atoms. The van der Waals surface area contributed by atoms with Crippen LogP contribution in [0.15, 0.2) is 35.3 Å². The van der Waals surface area contributed by atoms with Gasteiger partial charge in [0.1, 0.15) is 0 Å². The van der Waals surface area contributed by atoms with E-state index in [1.54, 1.807) is 0 Å². The van der Waals surface area contributed by atoms with E-state index >= 15 is 0 Å². The van der Waals surface area contributed by atoms with Crippen molar-refractivity contribution < 1.29 is 0 Å². The van der Waals surface area contributed by atoms with Crippen LogP contribution in [0, 0.1) is 6.92 Å². The standard InChI is InChI=1S/C20H28N4S.HI/c1-4-18-15(2)25-19(23-18)10-12-22-20(21-3)24-13-11-17(14-24)16-8-6-5-7-9-16;/h5-9,17H,4,10-14H2,1-3H3,(H,21,22);1H. The van der Waals surface area contributed by atoms with Crippen molar-refractivity contribution in [1.82, 2.24) is 15.2 Å². The van der Waals surface area contributed by atoms with Crippen LogP contribution in [0.1, 0.15) is 40.4 Å². The molecule has 6 heteroatoms. The number of likely N-dealkylation sites (tertiary alicyclic amines) is 1. The van der Waals surface area contributed by atoms with Crippen LogP contribution in [-0.4, -0.2) is 42.5 Å². The highest BCUT2D eigenvalue weighted by atomic mass is 127. The lowest BCUT2D eigenvalue weighted by molar-refractivity contribution is 0.486. The number of thiazole rings is 1. The Bertz CT molecular complexity index is 714. The molecule has 1 N–H and O–H groups in total. The summed E-state index contributed by atoms with van der Waals surface area (Å²) in [7, 11) is 1.88. The maximum Gasteiger partial charge on any atom is 0.193 e. The molecule has 1 aromatic carbocycles. The van der Waals surface area contributed by atoms with E-state index in [1.807, 2.05) is 18.4 Å². The third-order valence-electron chi connectivity index (χ3n) is 4.86. The van der Waals surface area contributed by atoms with Gasteiger partial charge in [0.05, 0.1) is 10.7 Å². The van der Waals surface area contributed by atoms with E-state index < -0.39 is 0 Å². The van der Waals surface area contributed by atoms with Gasteiger partial charge in [-0.25, -0.2) is 4.98 Å². The highest BCUT2D eigenvalue weighted by Gasteiger charge is 2.25. The number of hydrogen-bond donors (Lipinski definition) is 1. The van der Waals surface area contributed by atoms with E-state index in [4.69, 9.17) is 4.98 Å². The van der Waals surface area contributed by atoms with Gasteiger partial charge in [0, 0.05) is 43.9 Å². The summed E-state index contributed by atoms with van der Waals surface area (Å²) >= 11 is 1.82. The zero-order chi connectivity index (χ0) is 17.6. The molecule has 1 aliphatic rings. The van der Waals surface area contributed by atoms with Crippen molar-refractivity contribution in [3.8, 4) is 0 Å². The Labute approximate surface area is 178 Å². The summed E-state index contributed by atoms with van der Waals surface area (Å²) in [6, 6.07) is 10.8. The molecule has 0 amide bonds. The Hall–Kier alpha value is -1.15. The van der Waals surface area contributed by atoms with Gasteiger partial charge in [0.15, 0.2) is 5.96 Å². The molecule has 1 unspecified atom stereocenters. The summed E-state index contributed by atoms with van der Waals surface area (Å²) in [6.45, 7) is 7.33. The summed E-state index contributed by atoms with van der Waals surface area (Å²) in [5.41, 5.74) is 2.68. The van der Waals surface area contributed by atoms with Crippen molar-refractivity contribution in [2.24, 2.45) is 4.99 Å². The number of halogens is 1. The predicted molar refractivity (Wildman–Crippen MR) is 122 cm³/mol. The second-order valence-electron chi connectivity index (χ2n) is 6.53. The third kappa shape index (κ3) is 5.19. The van der Waals surface area contributed by atoms with Crippen molar-refractivity contribution >= 4 is 41.3 Å². The third-order valence-corrected chi connectivity index (χ3v) is 5.94. The van der Waals surface area contributed by atoms with Crippen LogP contribution >= 0.6 is 35.3 Å². The summed E-state index contributed by atoms with van der Waals surface area (Å²) < 4.78 is 0. The number of hydrogen-bond acceptors (Lipinski definition) is 3. The summed E-state index contributed by atoms with van der Waals surface area (Å²) in [6.07, 6.45) is 3.17. The fourth-order valence-corrected chi connectivity index (χ4v) is 4.51. The molecule has 2 aromatic rings. The van der Waals surface area contributed by atoms with Crippen LogP contribution in [0.4, 0.5) is 0 Å². The van der Waals surface area contributed by atoms with E-state index in [0.29, 0.717) is 5.92 Å². The first-order valence-corrected chi connectivity index (χ1v) is 9.98. The van der Waals surface area contributed by atoms with Gasteiger partial charge in [-0.2, -0.15) is 0 Å². The highest BCUT2D eigenvalue weighted by Crippen LogP contribution is 2.26. The molecule has 0 saturated carbocycles. The van der Waals surface area contributed by atoms with Crippen molar-refractivity contribution in [3.63, 3.8) is 0 Å². The minimum atomic E-state index is 0. The molecule has 0 aliphatic carbocycles. The first kappa shape index (κ1) is 21.2. The van der Waals surface area contributed by atoms with Crippen LogP contribution in [0.25, 0.3) is 0 Å². The number of nitrogens with one attached hydrogen (secondary N) is 1. The van der Waals surface area contributed by atoms with Crippen molar-refractivity contribution in [2.45, 2.75) is 39.0 Å². The highest BCUT2D eigenvalue weighted by molar-refractivity contribution is 14.0. The van der Waals surface area contributed by atoms with Crippen LogP contribution in [-0.2, 0) is 12.8 Å². The average molecular weight is 484 g/mol. The van der Waals surface area contributed by atoms with Crippen LogP contribution < -0.4 is 5.32 Å². The molecular weight excluding hydrogens is 455 g/mol. The maximum absolute atomic E-state index is 4.73. The quantitative estimate of drug-likeness (QED) is 0.392. The minimum absolute atomic E-state index is 0. The van der Waals surface area contributed by atoms with Gasteiger partial charge in [-0.1, -0.05) is 37.3 Å². The van der Waals surface area contributed by atoms with Crippen molar-refractivity contribution in [3.05, 3.63) is 51.5 Å². The fraction of sp³-hybridized carbons (Fsp3) is 0.500. The first-order chi connectivity index (χ1) is 12.2. The SMILES string of the molecule is CCc1nc(CCNC(=NC)N2CCC(c3ccccc3)C2)sc1C.I.